The fraction of sp³-hybridized carbons (Fsp3) is 0.630. The van der Waals surface area contributed by atoms with Crippen molar-refractivity contribution in [2.24, 2.45) is 28.9 Å². The molecular weight excluding hydrogens is 975 g/mol. The number of carbonyl (C=O) groups excluding carboxylic acids is 11. The van der Waals surface area contributed by atoms with Gasteiger partial charge in [0.2, 0.25) is 65.0 Å². The molecule has 0 aliphatic carbocycles. The average Bonchev–Trinajstić information content (AvgIpc) is 3.83. The van der Waals surface area contributed by atoms with Gasteiger partial charge in [-0.2, -0.15) is 0 Å². The second-order valence-electron chi connectivity index (χ2n) is 18.2. The molecule has 11 amide bonds. The maximum Gasteiger partial charge on any atom is 0.246 e. The Morgan fingerprint density at radius 1 is 0.764 bits per heavy atom. The quantitative estimate of drug-likeness (QED) is 0.0427. The number of primary amides is 3. The Hall–Kier alpha value is -5.99. The first-order valence-corrected chi connectivity index (χ1v) is 26.6. The molecule has 2 aliphatic heterocycles. The van der Waals surface area contributed by atoms with Crippen molar-refractivity contribution < 1.29 is 52.7 Å². The molecule has 3 rings (SSSR count). The maximum atomic E-state index is 14.6. The predicted octanol–water partition coefficient (Wildman–Crippen LogP) is -3.19. The van der Waals surface area contributed by atoms with Gasteiger partial charge < -0.3 is 70.4 Å². The first-order chi connectivity index (χ1) is 34.1. The molecular formula is C46H73N13O11S2. The number of nitrogens with one attached hydrogen (secondary N) is 8. The summed E-state index contributed by atoms with van der Waals surface area (Å²) in [5, 5.41) is 21.5. The lowest BCUT2D eigenvalue weighted by molar-refractivity contribution is -0.142. The molecule has 16 N–H and O–H groups in total. The second-order valence-corrected chi connectivity index (χ2v) is 20.7. The van der Waals surface area contributed by atoms with Crippen LogP contribution in [-0.4, -0.2) is 155 Å². The van der Waals surface area contributed by atoms with Crippen LogP contribution >= 0.6 is 21.6 Å². The van der Waals surface area contributed by atoms with Gasteiger partial charge in [-0.3, -0.25) is 52.7 Å². The standard InChI is InChI=1S/C46H73N13O11S2/c1-5-26(4)38-45(69)54-30(14-9-17-35(48)60)41(65)56-32(21-36(49)61)42(66)57-33(24-72-71-23-28(47)39(63)55-31(43(67)58-38)20-27-12-7-6-8-13-27)46(70)59-19-11-16-34(59)44(68)53-29(15-10-18-51-25(2)3)40(64)52-22-37(50)62/h6-8,12-13,25-26,28-34,38,51H,5,9-11,14-24,47H2,1-4H3,(H2,48,60)(H2,49,61)(H2,50,62)(H,52,64)(H,53,68)(H,54,69)(H,55,63)(H,56,65)(H,57,66)(H,58,67)/t26-,28-,29-,30-,31?,32?,33-,34-,38-/m0/s1. The van der Waals surface area contributed by atoms with Gasteiger partial charge >= 0.3 is 0 Å². The minimum absolute atomic E-state index is 0.00361. The summed E-state index contributed by atoms with van der Waals surface area (Å²) in [4.78, 5) is 149. The van der Waals surface area contributed by atoms with Crippen molar-refractivity contribution >= 4 is 86.6 Å². The number of amides is 11. The fourth-order valence-electron chi connectivity index (χ4n) is 7.78. The van der Waals surface area contributed by atoms with Gasteiger partial charge in [0.25, 0.3) is 0 Å². The van der Waals surface area contributed by atoms with Crippen LogP contribution in [0.5, 0.6) is 0 Å². The van der Waals surface area contributed by atoms with Crippen molar-refractivity contribution in [1.29, 1.82) is 0 Å². The molecule has 0 aromatic heterocycles. The van der Waals surface area contributed by atoms with E-state index in [0.29, 0.717) is 31.4 Å². The zero-order valence-electron chi connectivity index (χ0n) is 41.3. The van der Waals surface area contributed by atoms with Gasteiger partial charge in [0.05, 0.1) is 19.0 Å². The molecule has 2 aliphatic rings. The number of rotatable bonds is 21. The number of nitrogens with zero attached hydrogens (tertiary/aromatic N) is 1. The first-order valence-electron chi connectivity index (χ1n) is 24.1. The van der Waals surface area contributed by atoms with E-state index in [1.165, 1.54) is 4.90 Å². The van der Waals surface area contributed by atoms with Crippen molar-refractivity contribution in [2.75, 3.05) is 31.1 Å². The summed E-state index contributed by atoms with van der Waals surface area (Å²) in [6, 6.07) is -1.56. The lowest BCUT2D eigenvalue weighted by Gasteiger charge is -2.31. The summed E-state index contributed by atoms with van der Waals surface area (Å²) in [7, 11) is 2.11. The van der Waals surface area contributed by atoms with E-state index in [4.69, 9.17) is 22.9 Å². The average molecular weight is 1050 g/mol. The molecule has 400 valence electrons. The zero-order chi connectivity index (χ0) is 53.5. The fourth-order valence-corrected chi connectivity index (χ4v) is 10.1. The van der Waals surface area contributed by atoms with E-state index >= 15 is 0 Å². The topological polar surface area (TPSA) is 391 Å². The van der Waals surface area contributed by atoms with E-state index in [1.807, 2.05) is 13.8 Å². The van der Waals surface area contributed by atoms with Crippen LogP contribution in [0.1, 0.15) is 91.0 Å². The molecule has 9 atom stereocenters. The summed E-state index contributed by atoms with van der Waals surface area (Å²) < 4.78 is 0. The Kier molecular flexibility index (Phi) is 25.8. The molecule has 2 heterocycles. The third kappa shape index (κ3) is 20.6. The third-order valence-corrected chi connectivity index (χ3v) is 14.4. The molecule has 1 aromatic carbocycles. The molecule has 0 bridgehead atoms. The highest BCUT2D eigenvalue weighted by atomic mass is 33.1. The molecule has 0 saturated carbocycles. The molecule has 1 aromatic rings. The monoisotopic (exact) mass is 1050 g/mol. The molecule has 2 unspecified atom stereocenters. The van der Waals surface area contributed by atoms with Gasteiger partial charge in [0.15, 0.2) is 0 Å². The minimum Gasteiger partial charge on any atom is -0.370 e. The minimum atomic E-state index is -1.72. The van der Waals surface area contributed by atoms with Crippen LogP contribution in [0.4, 0.5) is 0 Å². The van der Waals surface area contributed by atoms with E-state index < -0.39 is 132 Å². The van der Waals surface area contributed by atoms with Crippen LogP contribution in [0.15, 0.2) is 30.3 Å². The third-order valence-electron chi connectivity index (χ3n) is 11.9. The van der Waals surface area contributed by atoms with Crippen molar-refractivity contribution in [3.8, 4) is 0 Å². The maximum absolute atomic E-state index is 14.6. The van der Waals surface area contributed by atoms with E-state index in [2.05, 4.69) is 42.5 Å². The van der Waals surface area contributed by atoms with Crippen molar-refractivity contribution in [1.82, 2.24) is 47.4 Å². The van der Waals surface area contributed by atoms with E-state index in [-0.39, 0.29) is 62.6 Å². The first kappa shape index (κ1) is 60.3. The number of nitrogens with two attached hydrogens (primary N) is 4. The molecule has 2 fully saturated rings. The highest BCUT2D eigenvalue weighted by Crippen LogP contribution is 2.26. The van der Waals surface area contributed by atoms with E-state index in [0.717, 1.165) is 21.6 Å². The van der Waals surface area contributed by atoms with E-state index in [1.54, 1.807) is 44.2 Å². The number of benzene rings is 1. The van der Waals surface area contributed by atoms with Gasteiger partial charge in [-0.15, -0.1) is 0 Å². The number of hydrogen-bond acceptors (Lipinski definition) is 15. The molecule has 0 spiro atoms. The van der Waals surface area contributed by atoms with Gasteiger partial charge in [0, 0.05) is 36.9 Å². The van der Waals surface area contributed by atoms with E-state index in [9.17, 15) is 52.7 Å². The lowest BCUT2D eigenvalue weighted by Crippen LogP contribution is -2.61. The Morgan fingerprint density at radius 3 is 2.04 bits per heavy atom. The van der Waals surface area contributed by atoms with Crippen molar-refractivity contribution in [2.45, 2.75) is 146 Å². The Labute approximate surface area is 427 Å². The Balaban J connectivity index is 2.04. The predicted molar refractivity (Wildman–Crippen MR) is 270 cm³/mol. The van der Waals surface area contributed by atoms with Crippen LogP contribution < -0.4 is 65.5 Å². The van der Waals surface area contributed by atoms with Crippen molar-refractivity contribution in [3.05, 3.63) is 35.9 Å². The summed E-state index contributed by atoms with van der Waals surface area (Å²) in [5.41, 5.74) is 23.2. The highest BCUT2D eigenvalue weighted by molar-refractivity contribution is 8.76. The normalized spacial score (nSPS) is 23.8. The number of carbonyl (C=O) groups is 11. The SMILES string of the molecule is CC[C@H](C)[C@@H]1NC(=O)C(Cc2ccccc2)NC(=O)[C@@H](N)CSSC[C@@H](C(=O)N2CCC[C@H]2C(=O)N[C@@H](CCCNC(C)C)C(=O)NCC(N)=O)NC(=O)C(CC(N)=O)NC(=O)[C@H](CCCC(N)=O)NC1=O. The van der Waals surface area contributed by atoms with Crippen molar-refractivity contribution in [3.63, 3.8) is 0 Å². The van der Waals surface area contributed by atoms with Gasteiger partial charge in [-0.1, -0.05) is 86.0 Å². The summed E-state index contributed by atoms with van der Waals surface area (Å²) >= 11 is 0. The van der Waals surface area contributed by atoms with Gasteiger partial charge in [-0.05, 0) is 56.6 Å². The Morgan fingerprint density at radius 2 is 1.40 bits per heavy atom. The number of hydrogen-bond donors (Lipinski definition) is 12. The highest BCUT2D eigenvalue weighted by Gasteiger charge is 2.41. The molecule has 2 saturated heterocycles. The molecule has 0 radical (unpaired) electrons. The summed E-state index contributed by atoms with van der Waals surface area (Å²) in [6.45, 7) is 7.47. The number of likely N-dealkylation sites (tertiary alicyclic amines) is 1. The second kappa shape index (κ2) is 30.8. The smallest absolute Gasteiger partial charge is 0.246 e. The zero-order valence-corrected chi connectivity index (χ0v) is 43.0. The molecule has 24 nitrogen and oxygen atoms in total. The van der Waals surface area contributed by atoms with Crippen LogP contribution in [0.2, 0.25) is 0 Å². The molecule has 26 heteroatoms. The largest absolute Gasteiger partial charge is 0.370 e. The summed E-state index contributed by atoms with van der Waals surface area (Å²) in [6.07, 6.45) is 0.419. The van der Waals surface area contributed by atoms with Gasteiger partial charge in [-0.25, -0.2) is 0 Å². The van der Waals surface area contributed by atoms with Crippen LogP contribution in [0.25, 0.3) is 0 Å². The van der Waals surface area contributed by atoms with Crippen LogP contribution in [0, 0.1) is 5.92 Å². The summed E-state index contributed by atoms with van der Waals surface area (Å²) in [5.74, 6) is -9.60. The Bertz CT molecular complexity index is 2070. The van der Waals surface area contributed by atoms with Gasteiger partial charge in [0.1, 0.15) is 42.3 Å². The van der Waals surface area contributed by atoms with Crippen LogP contribution in [-0.2, 0) is 59.2 Å². The lowest BCUT2D eigenvalue weighted by atomic mass is 9.96. The van der Waals surface area contributed by atoms with Crippen LogP contribution in [0.3, 0.4) is 0 Å². The molecule has 72 heavy (non-hydrogen) atoms.